The second-order valence-electron chi connectivity index (χ2n) is 7.68. The predicted octanol–water partition coefficient (Wildman–Crippen LogP) is 4.82. The predicted molar refractivity (Wildman–Crippen MR) is 139 cm³/mol. The van der Waals surface area contributed by atoms with E-state index in [4.69, 9.17) is 27.9 Å². The van der Waals surface area contributed by atoms with Crippen molar-refractivity contribution < 1.29 is 28.7 Å². The molecule has 0 fully saturated rings. The SMILES string of the molecule is COC(=O)c1cccc(NC(=O)c2ccc(NC3=C(Cl)C(=O)N(c4cc(Cl)ccc4OC)C3=O)cc2)c1. The fraction of sp³-hybridized carbons (Fsp3) is 0.0769. The van der Waals surface area contributed by atoms with E-state index in [2.05, 4.69) is 15.4 Å². The largest absolute Gasteiger partial charge is 0.495 e. The van der Waals surface area contributed by atoms with Crippen molar-refractivity contribution in [2.75, 3.05) is 29.8 Å². The Bertz CT molecular complexity index is 1450. The van der Waals surface area contributed by atoms with E-state index in [1.54, 1.807) is 36.4 Å². The lowest BCUT2D eigenvalue weighted by molar-refractivity contribution is -0.120. The number of hydrogen-bond acceptors (Lipinski definition) is 7. The van der Waals surface area contributed by atoms with E-state index in [9.17, 15) is 19.2 Å². The molecule has 0 bridgehead atoms. The van der Waals surface area contributed by atoms with Crippen molar-refractivity contribution in [3.05, 3.63) is 93.6 Å². The summed E-state index contributed by atoms with van der Waals surface area (Å²) in [5, 5.41) is 5.55. The third kappa shape index (κ3) is 5.28. The van der Waals surface area contributed by atoms with E-state index in [-0.39, 0.29) is 22.2 Å². The molecule has 0 spiro atoms. The molecule has 1 aliphatic rings. The molecule has 0 saturated carbocycles. The number of nitrogens with one attached hydrogen (secondary N) is 2. The molecule has 188 valence electrons. The Hall–Kier alpha value is -4.34. The van der Waals surface area contributed by atoms with Gasteiger partial charge in [-0.15, -0.1) is 0 Å². The fourth-order valence-corrected chi connectivity index (χ4v) is 3.94. The monoisotopic (exact) mass is 539 g/mol. The van der Waals surface area contributed by atoms with Crippen molar-refractivity contribution in [1.82, 2.24) is 0 Å². The minimum Gasteiger partial charge on any atom is -0.495 e. The molecule has 3 aromatic rings. The van der Waals surface area contributed by atoms with Crippen molar-refractivity contribution >= 4 is 64.0 Å². The van der Waals surface area contributed by atoms with Gasteiger partial charge in [0.15, 0.2) is 0 Å². The van der Waals surface area contributed by atoms with Crippen LogP contribution in [0.15, 0.2) is 77.5 Å². The minimum atomic E-state index is -0.736. The number of amides is 3. The van der Waals surface area contributed by atoms with Crippen LogP contribution in [0.4, 0.5) is 17.1 Å². The molecule has 37 heavy (non-hydrogen) atoms. The number of halogens is 2. The Kier molecular flexibility index (Phi) is 7.47. The molecule has 0 unspecified atom stereocenters. The van der Waals surface area contributed by atoms with Crippen LogP contribution in [0.2, 0.25) is 5.02 Å². The molecule has 0 aliphatic carbocycles. The molecule has 0 atom stereocenters. The van der Waals surface area contributed by atoms with E-state index < -0.39 is 23.7 Å². The highest BCUT2D eigenvalue weighted by molar-refractivity contribution is 6.53. The van der Waals surface area contributed by atoms with Crippen molar-refractivity contribution in [3.8, 4) is 5.75 Å². The molecule has 0 aromatic heterocycles. The van der Waals surface area contributed by atoms with Crippen molar-refractivity contribution in [3.63, 3.8) is 0 Å². The summed E-state index contributed by atoms with van der Waals surface area (Å²) in [6, 6.07) is 17.0. The first-order valence-electron chi connectivity index (χ1n) is 10.7. The van der Waals surface area contributed by atoms with Crippen LogP contribution in [0.25, 0.3) is 0 Å². The molecule has 9 nitrogen and oxygen atoms in total. The van der Waals surface area contributed by atoms with Gasteiger partial charge in [0.05, 0.1) is 25.5 Å². The molecule has 1 heterocycles. The van der Waals surface area contributed by atoms with Gasteiger partial charge in [-0.3, -0.25) is 14.4 Å². The van der Waals surface area contributed by atoms with E-state index in [1.807, 2.05) is 0 Å². The molecular formula is C26H19Cl2N3O6. The minimum absolute atomic E-state index is 0.134. The number of imide groups is 1. The Morgan fingerprint density at radius 3 is 2.24 bits per heavy atom. The molecule has 11 heteroatoms. The normalized spacial score (nSPS) is 13.0. The van der Waals surface area contributed by atoms with Crippen LogP contribution in [-0.4, -0.2) is 37.9 Å². The molecule has 0 saturated heterocycles. The second-order valence-corrected chi connectivity index (χ2v) is 8.49. The van der Waals surface area contributed by atoms with Crippen LogP contribution >= 0.6 is 23.2 Å². The molecular weight excluding hydrogens is 521 g/mol. The van der Waals surface area contributed by atoms with Crippen LogP contribution < -0.4 is 20.3 Å². The number of ether oxygens (including phenoxy) is 2. The molecule has 0 radical (unpaired) electrons. The van der Waals surface area contributed by atoms with Crippen molar-refractivity contribution in [1.29, 1.82) is 0 Å². The van der Waals surface area contributed by atoms with Gasteiger partial charge in [-0.05, 0) is 60.7 Å². The highest BCUT2D eigenvalue weighted by Crippen LogP contribution is 2.37. The fourth-order valence-electron chi connectivity index (χ4n) is 3.56. The van der Waals surface area contributed by atoms with Crippen LogP contribution in [-0.2, 0) is 14.3 Å². The summed E-state index contributed by atoms with van der Waals surface area (Å²) in [5.41, 5.74) is 1.46. The van der Waals surface area contributed by atoms with Crippen LogP contribution in [0.5, 0.6) is 5.75 Å². The lowest BCUT2D eigenvalue weighted by atomic mass is 10.1. The van der Waals surface area contributed by atoms with Crippen LogP contribution in [0, 0.1) is 0 Å². The van der Waals surface area contributed by atoms with Crippen LogP contribution in [0.1, 0.15) is 20.7 Å². The Balaban J connectivity index is 1.49. The number of anilines is 3. The van der Waals surface area contributed by atoms with E-state index >= 15 is 0 Å². The number of nitrogens with zero attached hydrogens (tertiary/aromatic N) is 1. The number of carbonyl (C=O) groups excluding carboxylic acids is 4. The summed E-state index contributed by atoms with van der Waals surface area (Å²) in [6.45, 7) is 0. The molecule has 4 rings (SSSR count). The number of esters is 1. The van der Waals surface area contributed by atoms with E-state index in [0.29, 0.717) is 27.5 Å². The maximum absolute atomic E-state index is 13.1. The average molecular weight is 540 g/mol. The van der Waals surface area contributed by atoms with Gasteiger partial charge in [-0.1, -0.05) is 29.3 Å². The van der Waals surface area contributed by atoms with Gasteiger partial charge in [0.1, 0.15) is 16.5 Å². The van der Waals surface area contributed by atoms with Gasteiger partial charge in [-0.2, -0.15) is 0 Å². The second kappa shape index (κ2) is 10.7. The first-order chi connectivity index (χ1) is 17.7. The first kappa shape index (κ1) is 25.7. The summed E-state index contributed by atoms with van der Waals surface area (Å²) < 4.78 is 9.94. The zero-order chi connectivity index (χ0) is 26.7. The number of benzene rings is 3. The number of rotatable bonds is 7. The maximum atomic E-state index is 13.1. The van der Waals surface area contributed by atoms with Gasteiger partial charge in [0.2, 0.25) is 0 Å². The van der Waals surface area contributed by atoms with E-state index in [0.717, 1.165) is 4.90 Å². The summed E-state index contributed by atoms with van der Waals surface area (Å²) in [6.07, 6.45) is 0. The van der Waals surface area contributed by atoms with Crippen molar-refractivity contribution in [2.45, 2.75) is 0 Å². The summed E-state index contributed by atoms with van der Waals surface area (Å²) in [5.74, 6) is -2.10. The van der Waals surface area contributed by atoms with Gasteiger partial charge in [0, 0.05) is 22.0 Å². The molecule has 1 aliphatic heterocycles. The zero-order valence-corrected chi connectivity index (χ0v) is 21.0. The molecule has 2 N–H and O–H groups in total. The Labute approximate surface area is 221 Å². The molecule has 3 amide bonds. The van der Waals surface area contributed by atoms with Gasteiger partial charge >= 0.3 is 5.97 Å². The Morgan fingerprint density at radius 2 is 1.57 bits per heavy atom. The van der Waals surface area contributed by atoms with Gasteiger partial charge in [0.25, 0.3) is 17.7 Å². The third-order valence-corrected chi connectivity index (χ3v) is 5.95. The zero-order valence-electron chi connectivity index (χ0n) is 19.5. The summed E-state index contributed by atoms with van der Waals surface area (Å²) >= 11 is 12.3. The smallest absolute Gasteiger partial charge is 0.337 e. The van der Waals surface area contributed by atoms with Crippen molar-refractivity contribution in [2.24, 2.45) is 0 Å². The quantitative estimate of drug-likeness (QED) is 0.326. The summed E-state index contributed by atoms with van der Waals surface area (Å²) in [7, 11) is 2.67. The molecule has 3 aromatic carbocycles. The number of hydrogen-bond donors (Lipinski definition) is 2. The lowest BCUT2D eigenvalue weighted by Crippen LogP contribution is -2.32. The third-order valence-electron chi connectivity index (χ3n) is 5.37. The lowest BCUT2D eigenvalue weighted by Gasteiger charge is -2.18. The van der Waals surface area contributed by atoms with Gasteiger partial charge < -0.3 is 20.1 Å². The standard InChI is InChI=1S/C26H19Cl2N3O6/c1-36-20-11-8-16(27)13-19(20)31-24(33)21(28)22(25(31)34)29-17-9-6-14(7-10-17)23(32)30-18-5-3-4-15(12-18)26(35)37-2/h3-13,29H,1-2H3,(H,30,32). The average Bonchev–Trinajstić information content (AvgIpc) is 3.11. The van der Waals surface area contributed by atoms with Gasteiger partial charge in [-0.25, -0.2) is 9.69 Å². The van der Waals surface area contributed by atoms with Crippen LogP contribution in [0.3, 0.4) is 0 Å². The number of carbonyl (C=O) groups is 4. The Morgan fingerprint density at radius 1 is 0.838 bits per heavy atom. The maximum Gasteiger partial charge on any atom is 0.337 e. The summed E-state index contributed by atoms with van der Waals surface area (Å²) in [4.78, 5) is 51.1. The number of methoxy groups -OCH3 is 2. The highest BCUT2D eigenvalue weighted by Gasteiger charge is 2.40. The first-order valence-corrected chi connectivity index (χ1v) is 11.5. The van der Waals surface area contributed by atoms with E-state index in [1.165, 1.54) is 44.6 Å². The highest BCUT2D eigenvalue weighted by atomic mass is 35.5. The topological polar surface area (TPSA) is 114 Å².